The van der Waals surface area contributed by atoms with Gasteiger partial charge < -0.3 is 10.1 Å². The highest BCUT2D eigenvalue weighted by atomic mass is 35.5. The normalized spacial score (nSPS) is 13.5. The molecule has 0 spiro atoms. The fourth-order valence-corrected chi connectivity index (χ4v) is 4.43. The first kappa shape index (κ1) is 22.0. The van der Waals surface area contributed by atoms with Gasteiger partial charge in [0, 0.05) is 10.6 Å². The fraction of sp³-hybridized carbons (Fsp3) is 0.350. The first-order valence-electron chi connectivity index (χ1n) is 8.75. The zero-order valence-corrected chi connectivity index (χ0v) is 18.1. The predicted octanol–water partition coefficient (Wildman–Crippen LogP) is 3.69. The first-order chi connectivity index (χ1) is 13.1. The molecule has 0 aliphatic rings. The van der Waals surface area contributed by atoms with Gasteiger partial charge in [0.15, 0.2) is 0 Å². The van der Waals surface area contributed by atoms with E-state index >= 15 is 0 Å². The van der Waals surface area contributed by atoms with Gasteiger partial charge in [0.2, 0.25) is 15.9 Å². The number of nitrogens with zero attached hydrogens (tertiary/aromatic N) is 1. The number of carbonyl (C=O) groups excluding carboxylic acids is 1. The molecule has 0 unspecified atom stereocenters. The third-order valence-corrected chi connectivity index (χ3v) is 5.92. The molecule has 2 atom stereocenters. The van der Waals surface area contributed by atoms with Crippen molar-refractivity contribution in [2.45, 2.75) is 32.9 Å². The van der Waals surface area contributed by atoms with Gasteiger partial charge in [0.05, 0.1) is 25.1 Å². The lowest BCUT2D eigenvalue weighted by Gasteiger charge is -2.30. The molecule has 0 bridgehead atoms. The van der Waals surface area contributed by atoms with Crippen LogP contribution < -0.4 is 14.4 Å². The second-order valence-electron chi connectivity index (χ2n) is 6.64. The third kappa shape index (κ3) is 4.97. The van der Waals surface area contributed by atoms with Crippen molar-refractivity contribution in [2.75, 3.05) is 17.7 Å². The van der Waals surface area contributed by atoms with E-state index in [-0.39, 0.29) is 6.04 Å². The molecular weight excluding hydrogens is 400 g/mol. The highest BCUT2D eigenvalue weighted by Gasteiger charge is 2.31. The summed E-state index contributed by atoms with van der Waals surface area (Å²) in [6, 6.07) is 11.0. The summed E-state index contributed by atoms with van der Waals surface area (Å²) >= 11 is 6.06. The number of hydrogen-bond donors (Lipinski definition) is 1. The Morgan fingerprint density at radius 3 is 2.43 bits per heavy atom. The summed E-state index contributed by atoms with van der Waals surface area (Å²) in [5.41, 5.74) is 1.88. The van der Waals surface area contributed by atoms with Crippen molar-refractivity contribution in [3.05, 3.63) is 58.6 Å². The highest BCUT2D eigenvalue weighted by molar-refractivity contribution is 7.92. The minimum absolute atomic E-state index is 0.368. The van der Waals surface area contributed by atoms with Crippen molar-refractivity contribution in [3.8, 4) is 5.75 Å². The molecule has 0 radical (unpaired) electrons. The predicted molar refractivity (Wildman–Crippen MR) is 113 cm³/mol. The number of para-hydroxylation sites is 1. The topological polar surface area (TPSA) is 75.7 Å². The Hall–Kier alpha value is -2.25. The quantitative estimate of drug-likeness (QED) is 0.735. The van der Waals surface area contributed by atoms with Crippen molar-refractivity contribution in [2.24, 2.45) is 0 Å². The van der Waals surface area contributed by atoms with Crippen LogP contribution in [0.15, 0.2) is 42.5 Å². The molecule has 2 rings (SSSR count). The summed E-state index contributed by atoms with van der Waals surface area (Å²) < 4.78 is 31.4. The van der Waals surface area contributed by atoms with Gasteiger partial charge >= 0.3 is 0 Å². The fourth-order valence-electron chi connectivity index (χ4n) is 3.04. The molecule has 6 nitrogen and oxygen atoms in total. The number of methoxy groups -OCH3 is 1. The molecule has 152 valence electrons. The van der Waals surface area contributed by atoms with Gasteiger partial charge in [-0.05, 0) is 44.5 Å². The minimum Gasteiger partial charge on any atom is -0.496 e. The van der Waals surface area contributed by atoms with Gasteiger partial charge in [-0.2, -0.15) is 0 Å². The van der Waals surface area contributed by atoms with E-state index in [4.69, 9.17) is 16.3 Å². The number of amides is 1. The number of ether oxygens (including phenoxy) is 1. The Labute approximate surface area is 171 Å². The van der Waals surface area contributed by atoms with Crippen molar-refractivity contribution in [3.63, 3.8) is 0 Å². The van der Waals surface area contributed by atoms with E-state index in [9.17, 15) is 13.2 Å². The van der Waals surface area contributed by atoms with Crippen molar-refractivity contribution < 1.29 is 17.9 Å². The molecule has 0 aliphatic heterocycles. The van der Waals surface area contributed by atoms with Crippen LogP contribution in [0.4, 0.5) is 5.69 Å². The molecular formula is C20H25ClN2O4S. The number of sulfonamides is 1. The van der Waals surface area contributed by atoms with Gasteiger partial charge in [-0.1, -0.05) is 35.9 Å². The lowest BCUT2D eigenvalue weighted by molar-refractivity contribution is -0.122. The monoisotopic (exact) mass is 424 g/mol. The Morgan fingerprint density at radius 1 is 1.18 bits per heavy atom. The van der Waals surface area contributed by atoms with Crippen LogP contribution >= 0.6 is 11.6 Å². The molecule has 0 saturated carbocycles. The van der Waals surface area contributed by atoms with Crippen LogP contribution in [-0.4, -0.2) is 33.7 Å². The maximum absolute atomic E-state index is 12.9. The number of rotatable bonds is 7. The van der Waals surface area contributed by atoms with Crippen LogP contribution in [0.2, 0.25) is 5.02 Å². The van der Waals surface area contributed by atoms with E-state index in [0.29, 0.717) is 22.0 Å². The summed E-state index contributed by atoms with van der Waals surface area (Å²) in [5, 5.41) is 3.26. The Morgan fingerprint density at radius 2 is 1.82 bits per heavy atom. The molecule has 2 aromatic rings. The minimum atomic E-state index is -3.73. The number of aryl methyl sites for hydroxylation is 1. The van der Waals surface area contributed by atoms with Gasteiger partial charge in [-0.25, -0.2) is 8.42 Å². The molecule has 0 fully saturated rings. The molecule has 2 aromatic carbocycles. The SMILES string of the molecule is COc1ccccc1[C@H](C)NC(=O)[C@@H](C)N(c1cc(Cl)ccc1C)S(C)(=O)=O. The largest absolute Gasteiger partial charge is 0.496 e. The molecule has 0 aromatic heterocycles. The summed E-state index contributed by atoms with van der Waals surface area (Å²) in [5.74, 6) is 0.219. The van der Waals surface area contributed by atoms with Crippen LogP contribution in [0.3, 0.4) is 0 Å². The number of hydrogen-bond acceptors (Lipinski definition) is 4. The summed E-state index contributed by atoms with van der Waals surface area (Å²) in [6.07, 6.45) is 1.07. The average molecular weight is 425 g/mol. The lowest BCUT2D eigenvalue weighted by atomic mass is 10.1. The number of anilines is 1. The second-order valence-corrected chi connectivity index (χ2v) is 8.93. The number of nitrogens with one attached hydrogen (secondary N) is 1. The van der Waals surface area contributed by atoms with Gasteiger partial charge in [-0.15, -0.1) is 0 Å². The van der Waals surface area contributed by atoms with Gasteiger partial charge in [-0.3, -0.25) is 9.10 Å². The average Bonchev–Trinajstić information content (AvgIpc) is 2.63. The van der Waals surface area contributed by atoms with E-state index in [1.807, 2.05) is 25.1 Å². The third-order valence-electron chi connectivity index (χ3n) is 4.46. The van der Waals surface area contributed by atoms with Crippen LogP contribution in [-0.2, 0) is 14.8 Å². The van der Waals surface area contributed by atoms with Gasteiger partial charge in [0.1, 0.15) is 11.8 Å². The maximum atomic E-state index is 12.9. The van der Waals surface area contributed by atoms with Crippen molar-refractivity contribution >= 4 is 33.2 Å². The molecule has 1 amide bonds. The molecule has 28 heavy (non-hydrogen) atoms. The van der Waals surface area contributed by atoms with E-state index in [0.717, 1.165) is 16.1 Å². The molecule has 0 saturated heterocycles. The molecule has 0 aliphatic carbocycles. The Balaban J connectivity index is 2.33. The van der Waals surface area contributed by atoms with E-state index < -0.39 is 22.0 Å². The number of carbonyl (C=O) groups is 1. The highest BCUT2D eigenvalue weighted by Crippen LogP contribution is 2.29. The molecule has 8 heteroatoms. The maximum Gasteiger partial charge on any atom is 0.244 e. The first-order valence-corrected chi connectivity index (χ1v) is 11.0. The van der Waals surface area contributed by atoms with Crippen molar-refractivity contribution in [1.29, 1.82) is 0 Å². The zero-order valence-electron chi connectivity index (χ0n) is 16.6. The lowest BCUT2D eigenvalue weighted by Crippen LogP contribution is -2.48. The smallest absolute Gasteiger partial charge is 0.244 e. The van der Waals surface area contributed by atoms with Crippen molar-refractivity contribution in [1.82, 2.24) is 5.32 Å². The summed E-state index contributed by atoms with van der Waals surface area (Å²) in [6.45, 7) is 5.13. The standard InChI is InChI=1S/C20H25ClN2O4S/c1-13-10-11-16(21)12-18(13)23(28(5,25)26)15(3)20(24)22-14(2)17-8-6-7-9-19(17)27-4/h6-12,14-15H,1-5H3,(H,22,24)/t14-,15+/m0/s1. The second kappa shape index (κ2) is 8.84. The number of benzene rings is 2. The molecule has 0 heterocycles. The summed E-state index contributed by atoms with van der Waals surface area (Å²) in [4.78, 5) is 12.9. The Bertz CT molecular complexity index is 962. The number of halogens is 1. The van der Waals surface area contributed by atoms with Crippen LogP contribution in [0.1, 0.15) is 31.0 Å². The van der Waals surface area contributed by atoms with Crippen LogP contribution in [0, 0.1) is 6.92 Å². The zero-order chi connectivity index (χ0) is 21.1. The molecule has 1 N–H and O–H groups in total. The van der Waals surface area contributed by atoms with E-state index in [1.165, 1.54) is 0 Å². The summed E-state index contributed by atoms with van der Waals surface area (Å²) in [7, 11) is -2.17. The van der Waals surface area contributed by atoms with Crippen LogP contribution in [0.5, 0.6) is 5.75 Å². The van der Waals surface area contributed by atoms with Gasteiger partial charge in [0.25, 0.3) is 0 Å². The van der Waals surface area contributed by atoms with Crippen LogP contribution in [0.25, 0.3) is 0 Å². The Kier molecular flexibility index (Phi) is 6.96. The van der Waals surface area contributed by atoms with E-state index in [2.05, 4.69) is 5.32 Å². The van der Waals surface area contributed by atoms with E-state index in [1.54, 1.807) is 45.2 Å².